The van der Waals surface area contributed by atoms with Crippen molar-refractivity contribution >= 4 is 11.9 Å². The SMILES string of the molecule is Cc1cc(O)ccc1C(=O)N1CCN(C(C)C(=O)O)CC1. The Morgan fingerprint density at radius 1 is 1.19 bits per heavy atom. The van der Waals surface area contributed by atoms with Crippen LogP contribution in [0.25, 0.3) is 0 Å². The smallest absolute Gasteiger partial charge is 0.320 e. The summed E-state index contributed by atoms with van der Waals surface area (Å²) >= 11 is 0. The maximum atomic E-state index is 12.5. The molecule has 1 unspecified atom stereocenters. The van der Waals surface area contributed by atoms with Gasteiger partial charge in [-0.1, -0.05) is 0 Å². The number of hydrogen-bond acceptors (Lipinski definition) is 4. The molecule has 2 rings (SSSR count). The van der Waals surface area contributed by atoms with E-state index in [0.29, 0.717) is 31.7 Å². The van der Waals surface area contributed by atoms with E-state index in [2.05, 4.69) is 0 Å². The van der Waals surface area contributed by atoms with Gasteiger partial charge in [0.2, 0.25) is 0 Å². The number of carboxylic acids is 1. The van der Waals surface area contributed by atoms with Crippen LogP contribution in [0.4, 0.5) is 0 Å². The average molecular weight is 292 g/mol. The van der Waals surface area contributed by atoms with Gasteiger partial charge in [-0.15, -0.1) is 0 Å². The summed E-state index contributed by atoms with van der Waals surface area (Å²) in [5.41, 5.74) is 1.31. The van der Waals surface area contributed by atoms with Crippen LogP contribution in [-0.2, 0) is 4.79 Å². The first-order chi connectivity index (χ1) is 9.90. The third-order valence-electron chi connectivity index (χ3n) is 3.95. The van der Waals surface area contributed by atoms with E-state index in [1.54, 1.807) is 30.9 Å². The van der Waals surface area contributed by atoms with Crippen molar-refractivity contribution in [2.45, 2.75) is 19.9 Å². The summed E-state index contributed by atoms with van der Waals surface area (Å²) in [6.07, 6.45) is 0. The van der Waals surface area contributed by atoms with E-state index in [1.807, 2.05) is 4.90 Å². The van der Waals surface area contributed by atoms with Gasteiger partial charge in [-0.25, -0.2) is 0 Å². The number of carbonyl (C=O) groups is 2. The van der Waals surface area contributed by atoms with E-state index in [4.69, 9.17) is 5.11 Å². The highest BCUT2D eigenvalue weighted by atomic mass is 16.4. The topological polar surface area (TPSA) is 81.1 Å². The molecule has 114 valence electrons. The first-order valence-corrected chi connectivity index (χ1v) is 6.96. The fraction of sp³-hybridized carbons (Fsp3) is 0.467. The zero-order chi connectivity index (χ0) is 15.6. The molecule has 1 aliphatic rings. The van der Waals surface area contributed by atoms with E-state index in [-0.39, 0.29) is 11.7 Å². The fourth-order valence-electron chi connectivity index (χ4n) is 2.53. The molecule has 21 heavy (non-hydrogen) atoms. The van der Waals surface area contributed by atoms with Gasteiger partial charge in [-0.05, 0) is 37.6 Å². The Balaban J connectivity index is 2.02. The molecule has 1 heterocycles. The molecule has 1 aromatic rings. The Labute approximate surface area is 123 Å². The second-order valence-electron chi connectivity index (χ2n) is 5.34. The molecular weight excluding hydrogens is 272 g/mol. The van der Waals surface area contributed by atoms with Gasteiger partial charge < -0.3 is 15.1 Å². The monoisotopic (exact) mass is 292 g/mol. The molecule has 0 saturated carbocycles. The molecule has 0 bridgehead atoms. The van der Waals surface area contributed by atoms with Gasteiger partial charge in [0.05, 0.1) is 0 Å². The number of hydrogen-bond donors (Lipinski definition) is 2. The average Bonchev–Trinajstić information content (AvgIpc) is 2.46. The molecule has 1 saturated heterocycles. The van der Waals surface area contributed by atoms with Gasteiger partial charge in [0.15, 0.2) is 0 Å². The van der Waals surface area contributed by atoms with Crippen molar-refractivity contribution in [3.05, 3.63) is 29.3 Å². The summed E-state index contributed by atoms with van der Waals surface area (Å²) in [6.45, 7) is 5.57. The Kier molecular flexibility index (Phi) is 4.47. The van der Waals surface area contributed by atoms with E-state index < -0.39 is 12.0 Å². The number of rotatable bonds is 3. The third kappa shape index (κ3) is 3.33. The van der Waals surface area contributed by atoms with Crippen LogP contribution in [0.5, 0.6) is 5.75 Å². The van der Waals surface area contributed by atoms with Crippen LogP contribution >= 0.6 is 0 Å². The number of aromatic hydroxyl groups is 1. The zero-order valence-electron chi connectivity index (χ0n) is 12.2. The van der Waals surface area contributed by atoms with Crippen LogP contribution in [0.1, 0.15) is 22.8 Å². The minimum absolute atomic E-state index is 0.0740. The van der Waals surface area contributed by atoms with Gasteiger partial charge in [0.25, 0.3) is 5.91 Å². The Hall–Kier alpha value is -2.08. The summed E-state index contributed by atoms with van der Waals surface area (Å²) < 4.78 is 0. The number of aryl methyl sites for hydroxylation is 1. The maximum Gasteiger partial charge on any atom is 0.320 e. The van der Waals surface area contributed by atoms with E-state index in [1.165, 1.54) is 6.07 Å². The maximum absolute atomic E-state index is 12.5. The van der Waals surface area contributed by atoms with Crippen LogP contribution < -0.4 is 0 Å². The number of carbonyl (C=O) groups excluding carboxylic acids is 1. The molecule has 1 fully saturated rings. The molecule has 1 aromatic carbocycles. The van der Waals surface area contributed by atoms with Gasteiger partial charge in [-0.3, -0.25) is 14.5 Å². The largest absolute Gasteiger partial charge is 0.508 e. The number of phenols is 1. The minimum Gasteiger partial charge on any atom is -0.508 e. The van der Waals surface area contributed by atoms with E-state index in [0.717, 1.165) is 5.56 Å². The second kappa shape index (κ2) is 6.13. The lowest BCUT2D eigenvalue weighted by molar-refractivity contribution is -0.143. The van der Waals surface area contributed by atoms with Crippen molar-refractivity contribution in [3.8, 4) is 5.75 Å². The Morgan fingerprint density at radius 2 is 1.81 bits per heavy atom. The molecule has 1 amide bonds. The predicted molar refractivity (Wildman–Crippen MR) is 77.4 cm³/mol. The highest BCUT2D eigenvalue weighted by Gasteiger charge is 2.28. The summed E-state index contributed by atoms with van der Waals surface area (Å²) in [4.78, 5) is 27.0. The third-order valence-corrected chi connectivity index (χ3v) is 3.95. The quantitative estimate of drug-likeness (QED) is 0.866. The number of benzene rings is 1. The standard InChI is InChI=1S/C15H20N2O4/c1-10-9-12(18)3-4-13(10)14(19)17-7-5-16(6-8-17)11(2)15(20)21/h3-4,9,11,18H,5-8H2,1-2H3,(H,20,21). The van der Waals surface area contributed by atoms with E-state index in [9.17, 15) is 14.7 Å². The molecule has 2 N–H and O–H groups in total. The minimum atomic E-state index is -0.843. The van der Waals surface area contributed by atoms with Crippen molar-refractivity contribution in [1.82, 2.24) is 9.80 Å². The number of phenolic OH excluding ortho intramolecular Hbond substituents is 1. The first-order valence-electron chi connectivity index (χ1n) is 6.96. The number of nitrogens with zero attached hydrogens (tertiary/aromatic N) is 2. The van der Waals surface area contributed by atoms with Crippen molar-refractivity contribution in [2.24, 2.45) is 0 Å². The normalized spacial score (nSPS) is 17.5. The highest BCUT2D eigenvalue weighted by Crippen LogP contribution is 2.18. The lowest BCUT2D eigenvalue weighted by atomic mass is 10.1. The molecule has 0 spiro atoms. The van der Waals surface area contributed by atoms with Crippen molar-refractivity contribution in [2.75, 3.05) is 26.2 Å². The molecule has 1 atom stereocenters. The number of amides is 1. The zero-order valence-corrected chi connectivity index (χ0v) is 12.2. The fourth-order valence-corrected chi connectivity index (χ4v) is 2.53. The van der Waals surface area contributed by atoms with Crippen LogP contribution in [0.3, 0.4) is 0 Å². The van der Waals surface area contributed by atoms with Crippen molar-refractivity contribution in [3.63, 3.8) is 0 Å². The number of piperazine rings is 1. The molecular formula is C15H20N2O4. The lowest BCUT2D eigenvalue weighted by Gasteiger charge is -2.36. The number of aliphatic carboxylic acids is 1. The van der Waals surface area contributed by atoms with E-state index >= 15 is 0 Å². The van der Waals surface area contributed by atoms with Gasteiger partial charge in [0.1, 0.15) is 11.8 Å². The number of carboxylic acid groups (broad SMARTS) is 1. The van der Waals surface area contributed by atoms with Crippen LogP contribution in [-0.4, -0.2) is 64.1 Å². The van der Waals surface area contributed by atoms with Gasteiger partial charge >= 0.3 is 5.97 Å². The first kappa shape index (κ1) is 15.3. The molecule has 0 radical (unpaired) electrons. The van der Waals surface area contributed by atoms with Crippen LogP contribution in [0.2, 0.25) is 0 Å². The van der Waals surface area contributed by atoms with Gasteiger partial charge in [0, 0.05) is 31.7 Å². The summed E-state index contributed by atoms with van der Waals surface area (Å²) in [5.74, 6) is -0.775. The van der Waals surface area contributed by atoms with Crippen molar-refractivity contribution < 1.29 is 19.8 Å². The Bertz CT molecular complexity index is 551. The summed E-state index contributed by atoms with van der Waals surface area (Å²) in [6, 6.07) is 4.16. The predicted octanol–water partition coefficient (Wildman–Crippen LogP) is 0.932. The second-order valence-corrected chi connectivity index (χ2v) is 5.34. The summed E-state index contributed by atoms with van der Waals surface area (Å²) in [7, 11) is 0. The molecule has 6 nitrogen and oxygen atoms in total. The molecule has 6 heteroatoms. The van der Waals surface area contributed by atoms with Crippen molar-refractivity contribution in [1.29, 1.82) is 0 Å². The highest BCUT2D eigenvalue weighted by molar-refractivity contribution is 5.95. The Morgan fingerprint density at radius 3 is 2.33 bits per heavy atom. The van der Waals surface area contributed by atoms with Crippen LogP contribution in [0.15, 0.2) is 18.2 Å². The summed E-state index contributed by atoms with van der Waals surface area (Å²) in [5, 5.41) is 18.4. The lowest BCUT2D eigenvalue weighted by Crippen LogP contribution is -2.53. The molecule has 0 aliphatic carbocycles. The van der Waals surface area contributed by atoms with Gasteiger partial charge in [-0.2, -0.15) is 0 Å². The molecule has 1 aliphatic heterocycles. The molecule has 0 aromatic heterocycles. The van der Waals surface area contributed by atoms with Crippen LogP contribution in [0, 0.1) is 6.92 Å².